The van der Waals surface area contributed by atoms with Gasteiger partial charge in [0.25, 0.3) is 0 Å². The normalized spacial score (nSPS) is 15.6. The van der Waals surface area contributed by atoms with Crippen molar-refractivity contribution in [3.63, 3.8) is 0 Å². The number of aromatic nitrogens is 1. The Hall–Kier alpha value is -3.61. The number of rotatable bonds is 11. The van der Waals surface area contributed by atoms with E-state index >= 15 is 0 Å². The standard InChI is InChI=1S/C35H46N4O2/c1-7-18-38(5)35(40)34(39-19-16-36-17-20-39)28-13-11-12-27(22-28)29(21-25(3)8-2)23-31-26(4)37-24-32(31)30-14-9-10-15-33(30)41-6/h9-15,21-24,34,36-37H,7-8,16-20H2,1-6H3/b25-21+,29-23+. The number of nitrogens with zero attached hydrogens (tertiary/aromatic N) is 2. The van der Waals surface area contributed by atoms with Crippen LogP contribution >= 0.6 is 0 Å². The molecule has 1 amide bonds. The van der Waals surface area contributed by atoms with Gasteiger partial charge < -0.3 is 19.9 Å². The van der Waals surface area contributed by atoms with E-state index < -0.39 is 0 Å². The number of para-hydroxylation sites is 1. The third kappa shape index (κ3) is 7.19. The second-order valence-electron chi connectivity index (χ2n) is 11.0. The molecule has 2 N–H and O–H groups in total. The minimum atomic E-state index is -0.302. The SMILES string of the molecule is CCCN(C)C(=O)C(c1cccc(C(/C=C(\C)CC)=C/c2c(-c3ccccc3OC)c[nH]c2C)c1)N1CCNCC1. The van der Waals surface area contributed by atoms with Crippen LogP contribution in [0.5, 0.6) is 5.75 Å². The molecule has 0 aliphatic carbocycles. The van der Waals surface area contributed by atoms with Gasteiger partial charge in [0, 0.05) is 68.4 Å². The summed E-state index contributed by atoms with van der Waals surface area (Å²) in [5.41, 5.74) is 8.95. The number of hydrogen-bond acceptors (Lipinski definition) is 4. The summed E-state index contributed by atoms with van der Waals surface area (Å²) in [6, 6.07) is 16.4. The van der Waals surface area contributed by atoms with Crippen molar-refractivity contribution in [1.29, 1.82) is 0 Å². The minimum absolute atomic E-state index is 0.164. The number of allylic oxidation sites excluding steroid dienone is 3. The van der Waals surface area contributed by atoms with Gasteiger partial charge >= 0.3 is 0 Å². The Morgan fingerprint density at radius 3 is 2.56 bits per heavy atom. The summed E-state index contributed by atoms with van der Waals surface area (Å²) >= 11 is 0. The lowest BCUT2D eigenvalue weighted by molar-refractivity contribution is -0.136. The molecule has 0 spiro atoms. The largest absolute Gasteiger partial charge is 0.496 e. The summed E-state index contributed by atoms with van der Waals surface area (Å²) in [6.07, 6.45) is 8.52. The Balaban J connectivity index is 1.83. The minimum Gasteiger partial charge on any atom is -0.496 e. The van der Waals surface area contributed by atoms with Gasteiger partial charge in [-0.2, -0.15) is 0 Å². The Kier molecular flexibility index (Phi) is 10.6. The zero-order valence-electron chi connectivity index (χ0n) is 25.6. The average Bonchev–Trinajstić information content (AvgIpc) is 3.36. The fourth-order valence-electron chi connectivity index (χ4n) is 5.54. The van der Waals surface area contributed by atoms with Gasteiger partial charge in [-0.1, -0.05) is 61.9 Å². The molecule has 1 aliphatic rings. The van der Waals surface area contributed by atoms with Gasteiger partial charge in [-0.25, -0.2) is 0 Å². The Labute approximate surface area is 246 Å². The number of carbonyl (C=O) groups is 1. The van der Waals surface area contributed by atoms with Crippen LogP contribution in [-0.4, -0.2) is 67.6 Å². The third-order valence-electron chi connectivity index (χ3n) is 8.01. The summed E-state index contributed by atoms with van der Waals surface area (Å²) in [5.74, 6) is 1.01. The topological polar surface area (TPSA) is 60.6 Å². The third-order valence-corrected chi connectivity index (χ3v) is 8.01. The maximum Gasteiger partial charge on any atom is 0.244 e. The van der Waals surface area contributed by atoms with E-state index in [0.29, 0.717) is 0 Å². The molecule has 1 aromatic heterocycles. The number of piperazine rings is 1. The van der Waals surface area contributed by atoms with Crippen LogP contribution in [0.15, 0.2) is 66.4 Å². The number of methoxy groups -OCH3 is 1. The molecule has 0 bridgehead atoms. The van der Waals surface area contributed by atoms with Gasteiger partial charge in [0.2, 0.25) is 5.91 Å². The lowest BCUT2D eigenvalue weighted by Gasteiger charge is -2.36. The molecule has 3 aromatic rings. The molecule has 1 saturated heterocycles. The molecule has 218 valence electrons. The van der Waals surface area contributed by atoms with Gasteiger partial charge in [0.15, 0.2) is 0 Å². The Bertz CT molecular complexity index is 1380. The number of likely N-dealkylation sites (N-methyl/N-ethyl adjacent to an activating group) is 1. The van der Waals surface area contributed by atoms with Gasteiger partial charge in [-0.3, -0.25) is 9.69 Å². The highest BCUT2D eigenvalue weighted by molar-refractivity contribution is 5.93. The molecule has 4 rings (SSSR count). The number of carbonyl (C=O) groups excluding carboxylic acids is 1. The smallest absolute Gasteiger partial charge is 0.244 e. The fraction of sp³-hybridized carbons (Fsp3) is 0.400. The van der Waals surface area contributed by atoms with Gasteiger partial charge in [-0.15, -0.1) is 0 Å². The van der Waals surface area contributed by atoms with Gasteiger partial charge in [0.1, 0.15) is 11.8 Å². The van der Waals surface area contributed by atoms with E-state index in [-0.39, 0.29) is 11.9 Å². The van der Waals surface area contributed by atoms with Crippen LogP contribution in [0.25, 0.3) is 22.8 Å². The van der Waals surface area contributed by atoms with E-state index in [4.69, 9.17) is 4.74 Å². The zero-order chi connectivity index (χ0) is 29.4. The summed E-state index contributed by atoms with van der Waals surface area (Å²) in [6.45, 7) is 12.8. The lowest BCUT2D eigenvalue weighted by atomic mass is 9.93. The molecule has 2 aromatic carbocycles. The summed E-state index contributed by atoms with van der Waals surface area (Å²) < 4.78 is 5.70. The van der Waals surface area contributed by atoms with E-state index in [2.05, 4.69) is 91.6 Å². The number of amides is 1. The maximum atomic E-state index is 13.8. The van der Waals surface area contributed by atoms with Crippen molar-refractivity contribution in [1.82, 2.24) is 20.1 Å². The molecule has 2 heterocycles. The van der Waals surface area contributed by atoms with Gasteiger partial charge in [0.05, 0.1) is 7.11 Å². The summed E-state index contributed by atoms with van der Waals surface area (Å²) in [5, 5.41) is 3.43. The Morgan fingerprint density at radius 1 is 1.10 bits per heavy atom. The van der Waals surface area contributed by atoms with Crippen LogP contribution in [0.1, 0.15) is 62.0 Å². The van der Waals surface area contributed by atoms with Gasteiger partial charge in [-0.05, 0) is 61.6 Å². The number of H-pyrrole nitrogens is 1. The molecule has 41 heavy (non-hydrogen) atoms. The predicted molar refractivity (Wildman–Crippen MR) is 171 cm³/mol. The highest BCUT2D eigenvalue weighted by atomic mass is 16.5. The number of aryl methyl sites for hydroxylation is 1. The quantitative estimate of drug-likeness (QED) is 0.259. The van der Waals surface area contributed by atoms with Crippen molar-refractivity contribution < 1.29 is 9.53 Å². The second-order valence-corrected chi connectivity index (χ2v) is 11.0. The van der Waals surface area contributed by atoms with Crippen LogP contribution in [0.4, 0.5) is 0 Å². The Morgan fingerprint density at radius 2 is 1.85 bits per heavy atom. The first kappa shape index (κ1) is 30.4. The first-order chi connectivity index (χ1) is 19.9. The molecule has 0 radical (unpaired) electrons. The van der Waals surface area contributed by atoms with Crippen molar-refractivity contribution in [2.75, 3.05) is 46.9 Å². The fourth-order valence-corrected chi connectivity index (χ4v) is 5.54. The van der Waals surface area contributed by atoms with E-state index in [1.807, 2.05) is 30.1 Å². The van der Waals surface area contributed by atoms with E-state index in [0.717, 1.165) is 90.4 Å². The number of nitrogens with one attached hydrogen (secondary N) is 2. The predicted octanol–water partition coefficient (Wildman–Crippen LogP) is 6.71. The van der Waals surface area contributed by atoms with Crippen LogP contribution < -0.4 is 10.1 Å². The van der Waals surface area contributed by atoms with Crippen LogP contribution in [0.2, 0.25) is 0 Å². The number of hydrogen-bond donors (Lipinski definition) is 2. The molecule has 1 unspecified atom stereocenters. The molecule has 1 atom stereocenters. The van der Waals surface area contributed by atoms with Crippen molar-refractivity contribution in [2.45, 2.75) is 46.6 Å². The van der Waals surface area contributed by atoms with E-state index in [9.17, 15) is 4.79 Å². The van der Waals surface area contributed by atoms with Crippen molar-refractivity contribution in [2.24, 2.45) is 0 Å². The van der Waals surface area contributed by atoms with Crippen molar-refractivity contribution in [3.8, 4) is 16.9 Å². The van der Waals surface area contributed by atoms with Crippen LogP contribution in [0.3, 0.4) is 0 Å². The molecule has 1 aliphatic heterocycles. The number of benzene rings is 2. The number of ether oxygens (including phenoxy) is 1. The van der Waals surface area contributed by atoms with E-state index in [1.165, 1.54) is 5.57 Å². The molecular formula is C35H46N4O2. The van der Waals surface area contributed by atoms with Crippen molar-refractivity contribution >= 4 is 17.6 Å². The van der Waals surface area contributed by atoms with Crippen LogP contribution in [-0.2, 0) is 4.79 Å². The highest BCUT2D eigenvalue weighted by Crippen LogP contribution is 2.36. The lowest BCUT2D eigenvalue weighted by Crippen LogP contribution is -2.49. The molecule has 1 fully saturated rings. The molecule has 6 heteroatoms. The molecule has 6 nitrogen and oxygen atoms in total. The zero-order valence-corrected chi connectivity index (χ0v) is 25.6. The van der Waals surface area contributed by atoms with Crippen molar-refractivity contribution in [3.05, 3.63) is 88.8 Å². The van der Waals surface area contributed by atoms with Crippen LogP contribution in [0, 0.1) is 6.92 Å². The average molecular weight is 555 g/mol. The monoisotopic (exact) mass is 554 g/mol. The number of aromatic amines is 1. The molecule has 0 saturated carbocycles. The first-order valence-electron chi connectivity index (χ1n) is 14.9. The first-order valence-corrected chi connectivity index (χ1v) is 14.9. The highest BCUT2D eigenvalue weighted by Gasteiger charge is 2.31. The van der Waals surface area contributed by atoms with E-state index in [1.54, 1.807) is 7.11 Å². The summed E-state index contributed by atoms with van der Waals surface area (Å²) in [4.78, 5) is 21.5. The second kappa shape index (κ2) is 14.3. The summed E-state index contributed by atoms with van der Waals surface area (Å²) in [7, 11) is 3.64. The maximum absolute atomic E-state index is 13.8. The molecular weight excluding hydrogens is 508 g/mol.